The number of rotatable bonds is 9. The van der Waals surface area contributed by atoms with Crippen molar-refractivity contribution in [2.24, 2.45) is 0 Å². The minimum atomic E-state index is -0.585. The standard InChI is InChI=1S/C27H30N2O2/c1-3-28-27(31)25(18-22-13-6-4-7-14-22)29(20-24-17-11-10-12-21(24)2)26(30)19-23-15-8-5-9-16-23/h4-17,25H,3,18-20H2,1-2H3,(H,28,31). The van der Waals surface area contributed by atoms with E-state index in [1.807, 2.05) is 98.8 Å². The van der Waals surface area contributed by atoms with Crippen molar-refractivity contribution in [2.45, 2.75) is 39.3 Å². The van der Waals surface area contributed by atoms with Gasteiger partial charge in [-0.05, 0) is 36.1 Å². The first kappa shape index (κ1) is 22.3. The van der Waals surface area contributed by atoms with Gasteiger partial charge in [-0.2, -0.15) is 0 Å². The summed E-state index contributed by atoms with van der Waals surface area (Å²) < 4.78 is 0. The molecule has 0 aliphatic heterocycles. The van der Waals surface area contributed by atoms with Crippen molar-refractivity contribution in [1.82, 2.24) is 10.2 Å². The second-order valence-electron chi connectivity index (χ2n) is 7.71. The van der Waals surface area contributed by atoms with Crippen molar-refractivity contribution in [3.05, 3.63) is 107 Å². The van der Waals surface area contributed by atoms with Gasteiger partial charge < -0.3 is 10.2 Å². The van der Waals surface area contributed by atoms with E-state index in [0.29, 0.717) is 19.5 Å². The van der Waals surface area contributed by atoms with Crippen molar-refractivity contribution in [2.75, 3.05) is 6.54 Å². The van der Waals surface area contributed by atoms with Gasteiger partial charge in [0, 0.05) is 19.5 Å². The number of nitrogens with zero attached hydrogens (tertiary/aromatic N) is 1. The van der Waals surface area contributed by atoms with Crippen molar-refractivity contribution >= 4 is 11.8 Å². The number of amides is 2. The highest BCUT2D eigenvalue weighted by atomic mass is 16.2. The van der Waals surface area contributed by atoms with E-state index in [0.717, 1.165) is 22.3 Å². The third kappa shape index (κ3) is 6.29. The Kier molecular flexibility index (Phi) is 7.99. The SMILES string of the molecule is CCNC(=O)C(Cc1ccccc1)N(Cc1ccccc1C)C(=O)Cc1ccccc1. The van der Waals surface area contributed by atoms with Crippen LogP contribution < -0.4 is 5.32 Å². The summed E-state index contributed by atoms with van der Waals surface area (Å²) in [5.41, 5.74) is 4.12. The Bertz CT molecular complexity index is 986. The van der Waals surface area contributed by atoms with Crippen LogP contribution in [0.15, 0.2) is 84.9 Å². The van der Waals surface area contributed by atoms with Crippen LogP contribution in [0, 0.1) is 6.92 Å². The molecule has 0 aliphatic carbocycles. The van der Waals surface area contributed by atoms with E-state index in [1.165, 1.54) is 0 Å². The van der Waals surface area contributed by atoms with Crippen LogP contribution in [-0.2, 0) is 29.0 Å². The normalized spacial score (nSPS) is 11.5. The van der Waals surface area contributed by atoms with Crippen LogP contribution in [0.5, 0.6) is 0 Å². The van der Waals surface area contributed by atoms with Crippen LogP contribution in [0.2, 0.25) is 0 Å². The molecule has 3 aromatic carbocycles. The molecule has 0 heterocycles. The molecule has 0 fully saturated rings. The molecule has 160 valence electrons. The maximum atomic E-state index is 13.5. The Morgan fingerprint density at radius 3 is 2.03 bits per heavy atom. The third-order valence-electron chi connectivity index (χ3n) is 5.42. The number of nitrogens with one attached hydrogen (secondary N) is 1. The Labute approximate surface area is 184 Å². The predicted octanol–water partition coefficient (Wildman–Crippen LogP) is 4.31. The number of benzene rings is 3. The first-order valence-corrected chi connectivity index (χ1v) is 10.8. The van der Waals surface area contributed by atoms with E-state index in [-0.39, 0.29) is 18.2 Å². The van der Waals surface area contributed by atoms with Gasteiger partial charge in [0.05, 0.1) is 6.42 Å². The van der Waals surface area contributed by atoms with Gasteiger partial charge >= 0.3 is 0 Å². The molecule has 0 saturated carbocycles. The molecule has 3 rings (SSSR count). The molecule has 0 saturated heterocycles. The number of carbonyl (C=O) groups is 2. The van der Waals surface area contributed by atoms with Crippen molar-refractivity contribution in [3.8, 4) is 0 Å². The summed E-state index contributed by atoms with van der Waals surface area (Å²) in [6.07, 6.45) is 0.733. The molecule has 0 aromatic heterocycles. The van der Waals surface area contributed by atoms with Gasteiger partial charge in [-0.3, -0.25) is 9.59 Å². The molecule has 31 heavy (non-hydrogen) atoms. The predicted molar refractivity (Wildman–Crippen MR) is 124 cm³/mol. The van der Waals surface area contributed by atoms with Gasteiger partial charge in [-0.25, -0.2) is 0 Å². The van der Waals surface area contributed by atoms with Gasteiger partial charge in [0.1, 0.15) is 6.04 Å². The topological polar surface area (TPSA) is 49.4 Å². The second kappa shape index (κ2) is 11.1. The maximum absolute atomic E-state index is 13.5. The largest absolute Gasteiger partial charge is 0.355 e. The monoisotopic (exact) mass is 414 g/mol. The molecule has 1 unspecified atom stereocenters. The first-order valence-electron chi connectivity index (χ1n) is 10.8. The third-order valence-corrected chi connectivity index (χ3v) is 5.42. The number of carbonyl (C=O) groups excluding carboxylic acids is 2. The van der Waals surface area contributed by atoms with Crippen molar-refractivity contribution in [1.29, 1.82) is 0 Å². The summed E-state index contributed by atoms with van der Waals surface area (Å²) in [5.74, 6) is -0.178. The molecule has 3 aromatic rings. The summed E-state index contributed by atoms with van der Waals surface area (Å²) in [6, 6.07) is 27.0. The van der Waals surface area contributed by atoms with Crippen LogP contribution in [0.4, 0.5) is 0 Å². The molecular weight excluding hydrogens is 384 g/mol. The van der Waals surface area contributed by atoms with Gasteiger partial charge in [-0.1, -0.05) is 84.9 Å². The zero-order valence-corrected chi connectivity index (χ0v) is 18.3. The molecule has 0 spiro atoms. The van der Waals surface area contributed by atoms with Crippen molar-refractivity contribution in [3.63, 3.8) is 0 Å². The second-order valence-corrected chi connectivity index (χ2v) is 7.71. The van der Waals surface area contributed by atoms with E-state index in [2.05, 4.69) is 5.32 Å². The van der Waals surface area contributed by atoms with E-state index < -0.39 is 6.04 Å². The molecule has 2 amide bonds. The lowest BCUT2D eigenvalue weighted by atomic mass is 10.0. The van der Waals surface area contributed by atoms with Crippen LogP contribution in [0.3, 0.4) is 0 Å². The summed E-state index contributed by atoms with van der Waals surface area (Å²) in [6.45, 7) is 4.85. The van der Waals surface area contributed by atoms with Gasteiger partial charge in [-0.15, -0.1) is 0 Å². The minimum absolute atomic E-state index is 0.0540. The average molecular weight is 415 g/mol. The molecule has 4 nitrogen and oxygen atoms in total. The fourth-order valence-electron chi connectivity index (χ4n) is 3.69. The zero-order valence-electron chi connectivity index (χ0n) is 18.3. The number of likely N-dealkylation sites (N-methyl/N-ethyl adjacent to an activating group) is 1. The summed E-state index contributed by atoms with van der Waals surface area (Å²) >= 11 is 0. The maximum Gasteiger partial charge on any atom is 0.243 e. The Morgan fingerprint density at radius 2 is 1.42 bits per heavy atom. The first-order chi connectivity index (χ1) is 15.1. The van der Waals surface area contributed by atoms with Crippen LogP contribution in [-0.4, -0.2) is 29.3 Å². The van der Waals surface area contributed by atoms with Crippen LogP contribution in [0.25, 0.3) is 0 Å². The lowest BCUT2D eigenvalue weighted by molar-refractivity contribution is -0.140. The zero-order chi connectivity index (χ0) is 22.1. The van der Waals surface area contributed by atoms with Crippen LogP contribution in [0.1, 0.15) is 29.2 Å². The molecule has 0 radical (unpaired) electrons. The summed E-state index contributed by atoms with van der Waals surface area (Å²) in [4.78, 5) is 28.4. The lowest BCUT2D eigenvalue weighted by Crippen LogP contribution is -2.51. The number of hydrogen-bond donors (Lipinski definition) is 1. The highest BCUT2D eigenvalue weighted by Gasteiger charge is 2.30. The summed E-state index contributed by atoms with van der Waals surface area (Å²) in [5, 5.41) is 2.93. The average Bonchev–Trinajstić information content (AvgIpc) is 2.79. The highest BCUT2D eigenvalue weighted by molar-refractivity contribution is 5.88. The van der Waals surface area contributed by atoms with E-state index in [9.17, 15) is 9.59 Å². The molecular formula is C27H30N2O2. The Balaban J connectivity index is 1.95. The van der Waals surface area contributed by atoms with E-state index >= 15 is 0 Å². The van der Waals surface area contributed by atoms with E-state index in [1.54, 1.807) is 4.90 Å². The molecule has 4 heteroatoms. The number of hydrogen-bond acceptors (Lipinski definition) is 2. The molecule has 1 N–H and O–H groups in total. The molecule has 0 aliphatic rings. The minimum Gasteiger partial charge on any atom is -0.355 e. The quantitative estimate of drug-likeness (QED) is 0.567. The smallest absolute Gasteiger partial charge is 0.243 e. The van der Waals surface area contributed by atoms with Gasteiger partial charge in [0.2, 0.25) is 11.8 Å². The number of aryl methyl sites for hydroxylation is 1. The summed E-state index contributed by atoms with van der Waals surface area (Å²) in [7, 11) is 0. The van der Waals surface area contributed by atoms with Crippen molar-refractivity contribution < 1.29 is 9.59 Å². The van der Waals surface area contributed by atoms with Gasteiger partial charge in [0.15, 0.2) is 0 Å². The van der Waals surface area contributed by atoms with Gasteiger partial charge in [0.25, 0.3) is 0 Å². The molecule has 0 bridgehead atoms. The lowest BCUT2D eigenvalue weighted by Gasteiger charge is -2.32. The van der Waals surface area contributed by atoms with E-state index in [4.69, 9.17) is 0 Å². The highest BCUT2D eigenvalue weighted by Crippen LogP contribution is 2.18. The van der Waals surface area contributed by atoms with Crippen LogP contribution >= 0.6 is 0 Å². The molecule has 1 atom stereocenters. The fraction of sp³-hybridized carbons (Fsp3) is 0.259. The Morgan fingerprint density at radius 1 is 0.839 bits per heavy atom. The Hall–Kier alpha value is -3.40. The fourth-order valence-corrected chi connectivity index (χ4v) is 3.69.